The molecule has 2 aromatic rings. The molecule has 1 N–H and O–H groups in total. The van der Waals surface area contributed by atoms with E-state index in [1.54, 1.807) is 31.3 Å². The quantitative estimate of drug-likeness (QED) is 0.939. The topological polar surface area (TPSA) is 70.5 Å². The van der Waals surface area contributed by atoms with Gasteiger partial charge in [0.1, 0.15) is 0 Å². The molecule has 1 atom stereocenters. The third-order valence-corrected chi connectivity index (χ3v) is 4.51. The van der Waals surface area contributed by atoms with Crippen LogP contribution in [0.5, 0.6) is 0 Å². The molecule has 1 fully saturated rings. The van der Waals surface area contributed by atoms with Gasteiger partial charge >= 0.3 is 5.97 Å². The number of carboxylic acid groups (broad SMARTS) is 1. The van der Waals surface area contributed by atoms with Crippen molar-refractivity contribution >= 4 is 11.9 Å². The van der Waals surface area contributed by atoms with Gasteiger partial charge < -0.3 is 10.0 Å². The maximum absolute atomic E-state index is 11.4. The molecule has 1 saturated heterocycles. The predicted octanol–water partition coefficient (Wildman–Crippen LogP) is 2.86. The second-order valence-electron chi connectivity index (χ2n) is 6.22. The molecular weight excluding hydrogens is 304 g/mol. The first kappa shape index (κ1) is 16.2. The highest BCUT2D eigenvalue weighted by atomic mass is 16.4. The van der Waals surface area contributed by atoms with Crippen molar-refractivity contribution in [1.82, 2.24) is 9.88 Å². The van der Waals surface area contributed by atoms with Gasteiger partial charge in [0.2, 0.25) is 5.91 Å². The van der Waals surface area contributed by atoms with Crippen molar-refractivity contribution in [3.8, 4) is 11.3 Å². The van der Waals surface area contributed by atoms with Crippen LogP contribution in [0.1, 0.15) is 29.3 Å². The summed E-state index contributed by atoms with van der Waals surface area (Å²) in [6.45, 7) is 3.22. The number of carbonyl (C=O) groups excluding carboxylic acids is 1. The number of hydrogen-bond acceptors (Lipinski definition) is 3. The molecule has 1 unspecified atom stereocenters. The van der Waals surface area contributed by atoms with E-state index in [1.165, 1.54) is 0 Å². The molecule has 2 heterocycles. The third-order valence-electron chi connectivity index (χ3n) is 4.51. The summed E-state index contributed by atoms with van der Waals surface area (Å²) in [6, 6.07) is 10.8. The van der Waals surface area contributed by atoms with Gasteiger partial charge in [-0.1, -0.05) is 18.2 Å². The second-order valence-corrected chi connectivity index (χ2v) is 6.22. The first-order chi connectivity index (χ1) is 11.5. The molecule has 0 radical (unpaired) electrons. The van der Waals surface area contributed by atoms with Crippen LogP contribution in [0.3, 0.4) is 0 Å². The minimum absolute atomic E-state index is 0.128. The molecule has 1 aliphatic heterocycles. The number of aromatic carboxylic acids is 1. The highest BCUT2D eigenvalue weighted by molar-refractivity contribution is 5.95. The summed E-state index contributed by atoms with van der Waals surface area (Å²) in [6.07, 6.45) is 3.60. The smallest absolute Gasteiger partial charge is 0.336 e. The number of carbonyl (C=O) groups is 2. The van der Waals surface area contributed by atoms with Crippen LogP contribution in [0.15, 0.2) is 42.6 Å². The van der Waals surface area contributed by atoms with Gasteiger partial charge in [-0.2, -0.15) is 0 Å². The Balaban J connectivity index is 1.81. The molecule has 0 saturated carbocycles. The summed E-state index contributed by atoms with van der Waals surface area (Å²) in [7, 11) is 0. The summed E-state index contributed by atoms with van der Waals surface area (Å²) in [5.41, 5.74) is 2.68. The largest absolute Gasteiger partial charge is 0.478 e. The van der Waals surface area contributed by atoms with Gasteiger partial charge in [-0.05, 0) is 42.5 Å². The van der Waals surface area contributed by atoms with Crippen LogP contribution in [-0.4, -0.2) is 40.0 Å². The van der Waals surface area contributed by atoms with Crippen molar-refractivity contribution in [3.05, 3.63) is 53.7 Å². The highest BCUT2D eigenvalue weighted by Crippen LogP contribution is 2.25. The predicted molar refractivity (Wildman–Crippen MR) is 90.7 cm³/mol. The number of likely N-dealkylation sites (tertiary alicyclic amines) is 1. The number of carboxylic acids is 1. The monoisotopic (exact) mass is 324 g/mol. The average molecular weight is 324 g/mol. The van der Waals surface area contributed by atoms with Gasteiger partial charge in [0.15, 0.2) is 0 Å². The van der Waals surface area contributed by atoms with Crippen LogP contribution in [-0.2, 0) is 11.2 Å². The van der Waals surface area contributed by atoms with Crippen LogP contribution in [0.4, 0.5) is 0 Å². The SMILES string of the molecule is CC(=O)N1CCC(Cc2ccnc(-c3ccccc3C(=O)O)c2)C1. The summed E-state index contributed by atoms with van der Waals surface area (Å²) in [5, 5.41) is 9.34. The lowest BCUT2D eigenvalue weighted by Crippen LogP contribution is -2.26. The van der Waals surface area contributed by atoms with Gasteiger partial charge in [-0.25, -0.2) is 4.79 Å². The summed E-state index contributed by atoms with van der Waals surface area (Å²) in [4.78, 5) is 29.1. The summed E-state index contributed by atoms with van der Waals surface area (Å²) >= 11 is 0. The third kappa shape index (κ3) is 3.45. The molecule has 5 heteroatoms. The Morgan fingerprint density at radius 2 is 2.08 bits per heavy atom. The van der Waals surface area contributed by atoms with Crippen LogP contribution < -0.4 is 0 Å². The fraction of sp³-hybridized carbons (Fsp3) is 0.316. The molecule has 1 aromatic carbocycles. The summed E-state index contributed by atoms with van der Waals surface area (Å²) in [5.74, 6) is -0.382. The van der Waals surface area contributed by atoms with Crippen molar-refractivity contribution < 1.29 is 14.7 Å². The summed E-state index contributed by atoms with van der Waals surface area (Å²) < 4.78 is 0. The number of hydrogen-bond donors (Lipinski definition) is 1. The molecule has 5 nitrogen and oxygen atoms in total. The minimum Gasteiger partial charge on any atom is -0.478 e. The van der Waals surface area contributed by atoms with Crippen LogP contribution in [0, 0.1) is 5.92 Å². The van der Waals surface area contributed by atoms with E-state index in [4.69, 9.17) is 0 Å². The Kier molecular flexibility index (Phi) is 4.60. The van der Waals surface area contributed by atoms with Crippen molar-refractivity contribution in [2.45, 2.75) is 19.8 Å². The van der Waals surface area contributed by atoms with E-state index in [9.17, 15) is 14.7 Å². The molecular formula is C19H20N2O3. The zero-order chi connectivity index (χ0) is 17.1. The van der Waals surface area contributed by atoms with Crippen molar-refractivity contribution in [1.29, 1.82) is 0 Å². The molecule has 124 valence electrons. The van der Waals surface area contributed by atoms with Gasteiger partial charge in [0.25, 0.3) is 0 Å². The van der Waals surface area contributed by atoms with E-state index in [1.807, 2.05) is 23.1 Å². The average Bonchev–Trinajstić information content (AvgIpc) is 3.04. The number of rotatable bonds is 4. The van der Waals surface area contributed by atoms with Crippen molar-refractivity contribution in [3.63, 3.8) is 0 Å². The minimum atomic E-state index is -0.953. The molecule has 0 aliphatic carbocycles. The number of pyridine rings is 1. The first-order valence-corrected chi connectivity index (χ1v) is 8.07. The molecule has 1 aromatic heterocycles. The van der Waals surface area contributed by atoms with Crippen LogP contribution >= 0.6 is 0 Å². The van der Waals surface area contributed by atoms with E-state index < -0.39 is 5.97 Å². The van der Waals surface area contributed by atoms with E-state index in [2.05, 4.69) is 4.98 Å². The Hall–Kier alpha value is -2.69. The fourth-order valence-corrected chi connectivity index (χ4v) is 3.26. The molecule has 0 spiro atoms. The van der Waals surface area contributed by atoms with E-state index in [-0.39, 0.29) is 11.5 Å². The normalized spacial score (nSPS) is 17.0. The van der Waals surface area contributed by atoms with Gasteiger partial charge in [0.05, 0.1) is 11.3 Å². The van der Waals surface area contributed by atoms with E-state index in [0.717, 1.165) is 31.5 Å². The Morgan fingerprint density at radius 3 is 2.79 bits per heavy atom. The van der Waals surface area contributed by atoms with E-state index in [0.29, 0.717) is 17.2 Å². The Labute approximate surface area is 140 Å². The maximum atomic E-state index is 11.4. The molecule has 24 heavy (non-hydrogen) atoms. The number of nitrogens with zero attached hydrogens (tertiary/aromatic N) is 2. The van der Waals surface area contributed by atoms with Crippen molar-refractivity contribution in [2.75, 3.05) is 13.1 Å². The first-order valence-electron chi connectivity index (χ1n) is 8.07. The highest BCUT2D eigenvalue weighted by Gasteiger charge is 2.24. The molecule has 1 aliphatic rings. The second kappa shape index (κ2) is 6.83. The number of amides is 1. The molecule has 3 rings (SSSR count). The standard InChI is InChI=1S/C19H20N2O3/c1-13(22)21-9-7-15(12-21)10-14-6-8-20-18(11-14)16-4-2-3-5-17(16)19(23)24/h2-6,8,11,15H,7,9-10,12H2,1H3,(H,23,24). The van der Waals surface area contributed by atoms with Gasteiger partial charge in [-0.3, -0.25) is 9.78 Å². The maximum Gasteiger partial charge on any atom is 0.336 e. The Bertz CT molecular complexity index is 773. The van der Waals surface area contributed by atoms with E-state index >= 15 is 0 Å². The van der Waals surface area contributed by atoms with Gasteiger partial charge in [0, 0.05) is 31.8 Å². The Morgan fingerprint density at radius 1 is 1.29 bits per heavy atom. The lowest BCUT2D eigenvalue weighted by atomic mass is 9.97. The van der Waals surface area contributed by atoms with Crippen LogP contribution in [0.2, 0.25) is 0 Å². The number of benzene rings is 1. The lowest BCUT2D eigenvalue weighted by Gasteiger charge is -2.14. The fourth-order valence-electron chi connectivity index (χ4n) is 3.26. The number of aromatic nitrogens is 1. The lowest BCUT2D eigenvalue weighted by molar-refractivity contribution is -0.127. The zero-order valence-corrected chi connectivity index (χ0v) is 13.6. The van der Waals surface area contributed by atoms with Gasteiger partial charge in [-0.15, -0.1) is 0 Å². The van der Waals surface area contributed by atoms with Crippen LogP contribution in [0.25, 0.3) is 11.3 Å². The molecule has 1 amide bonds. The van der Waals surface area contributed by atoms with Crippen molar-refractivity contribution in [2.24, 2.45) is 5.92 Å². The zero-order valence-electron chi connectivity index (χ0n) is 13.6. The molecule has 0 bridgehead atoms.